The number of benzene rings is 2. The summed E-state index contributed by atoms with van der Waals surface area (Å²) in [7, 11) is 0. The topological polar surface area (TPSA) is 26.0 Å². The Kier molecular flexibility index (Phi) is 3.41. The van der Waals surface area contributed by atoms with E-state index in [4.69, 9.17) is 17.3 Å². The molecule has 17 heavy (non-hydrogen) atoms. The molecular weight excluding hydrogens is 244 g/mol. The zero-order valence-electron chi connectivity index (χ0n) is 8.88. The standard InChI is InChI=1S/C13H10ClF2N/c14-10-3-1-9(7-17)11(6-10)8-2-4-12(15)13(16)5-8/h1-6H,7,17H2. The van der Waals surface area contributed by atoms with Gasteiger partial charge in [0.2, 0.25) is 0 Å². The van der Waals surface area contributed by atoms with Crippen molar-refractivity contribution >= 4 is 11.6 Å². The van der Waals surface area contributed by atoms with Crippen LogP contribution < -0.4 is 5.73 Å². The van der Waals surface area contributed by atoms with Gasteiger partial charge >= 0.3 is 0 Å². The van der Waals surface area contributed by atoms with Gasteiger partial charge in [-0.25, -0.2) is 8.78 Å². The van der Waals surface area contributed by atoms with Gasteiger partial charge in [0.15, 0.2) is 11.6 Å². The largest absolute Gasteiger partial charge is 0.326 e. The molecule has 0 bridgehead atoms. The van der Waals surface area contributed by atoms with Gasteiger partial charge in [0, 0.05) is 11.6 Å². The smallest absolute Gasteiger partial charge is 0.159 e. The first-order chi connectivity index (χ1) is 8.11. The second-order valence-corrected chi connectivity index (χ2v) is 4.07. The van der Waals surface area contributed by atoms with Crippen molar-refractivity contribution in [1.29, 1.82) is 0 Å². The number of halogens is 3. The first-order valence-corrected chi connectivity index (χ1v) is 5.43. The second-order valence-electron chi connectivity index (χ2n) is 3.63. The summed E-state index contributed by atoms with van der Waals surface area (Å²) in [5.74, 6) is -1.75. The molecule has 0 atom stereocenters. The predicted molar refractivity (Wildman–Crippen MR) is 64.7 cm³/mol. The lowest BCUT2D eigenvalue weighted by molar-refractivity contribution is 0.509. The fourth-order valence-corrected chi connectivity index (χ4v) is 1.83. The van der Waals surface area contributed by atoms with Crippen molar-refractivity contribution in [2.75, 3.05) is 0 Å². The maximum absolute atomic E-state index is 13.2. The van der Waals surface area contributed by atoms with E-state index in [0.717, 1.165) is 23.3 Å². The van der Waals surface area contributed by atoms with Gasteiger partial charge in [-0.2, -0.15) is 0 Å². The molecule has 88 valence electrons. The van der Waals surface area contributed by atoms with Gasteiger partial charge in [0.1, 0.15) is 0 Å². The molecule has 2 rings (SSSR count). The predicted octanol–water partition coefficient (Wildman–Crippen LogP) is 3.74. The van der Waals surface area contributed by atoms with Gasteiger partial charge in [-0.15, -0.1) is 0 Å². The van der Waals surface area contributed by atoms with Crippen LogP contribution in [-0.2, 0) is 6.54 Å². The molecule has 0 spiro atoms. The fourth-order valence-electron chi connectivity index (χ4n) is 1.66. The van der Waals surface area contributed by atoms with E-state index in [1.165, 1.54) is 6.07 Å². The summed E-state index contributed by atoms with van der Waals surface area (Å²) in [6.45, 7) is 0.311. The SMILES string of the molecule is NCc1ccc(Cl)cc1-c1ccc(F)c(F)c1. The van der Waals surface area contributed by atoms with Crippen LogP contribution >= 0.6 is 11.6 Å². The number of nitrogens with two attached hydrogens (primary N) is 1. The first-order valence-electron chi connectivity index (χ1n) is 5.05. The summed E-state index contributed by atoms with van der Waals surface area (Å²) in [5.41, 5.74) is 7.71. The molecule has 2 aromatic carbocycles. The Hall–Kier alpha value is -1.45. The van der Waals surface area contributed by atoms with Crippen molar-refractivity contribution in [2.45, 2.75) is 6.54 Å². The minimum Gasteiger partial charge on any atom is -0.326 e. The van der Waals surface area contributed by atoms with E-state index in [9.17, 15) is 8.78 Å². The lowest BCUT2D eigenvalue weighted by Crippen LogP contribution is -1.99. The summed E-state index contributed by atoms with van der Waals surface area (Å²) in [4.78, 5) is 0. The van der Waals surface area contributed by atoms with Crippen LogP contribution in [0.4, 0.5) is 8.78 Å². The van der Waals surface area contributed by atoms with Crippen LogP contribution in [0, 0.1) is 11.6 Å². The maximum Gasteiger partial charge on any atom is 0.159 e. The second kappa shape index (κ2) is 4.82. The van der Waals surface area contributed by atoms with Crippen LogP contribution in [0.25, 0.3) is 11.1 Å². The minimum absolute atomic E-state index is 0.311. The van der Waals surface area contributed by atoms with Gasteiger partial charge < -0.3 is 5.73 Å². The molecule has 0 aliphatic rings. The molecule has 0 aromatic heterocycles. The average Bonchev–Trinajstić information content (AvgIpc) is 2.32. The normalized spacial score (nSPS) is 10.6. The van der Waals surface area contributed by atoms with Crippen LogP contribution in [-0.4, -0.2) is 0 Å². The van der Waals surface area contributed by atoms with Gasteiger partial charge in [0.05, 0.1) is 0 Å². The number of hydrogen-bond donors (Lipinski definition) is 1. The summed E-state index contributed by atoms with van der Waals surface area (Å²) < 4.78 is 26.0. The molecule has 0 fully saturated rings. The Balaban J connectivity index is 2.58. The van der Waals surface area contributed by atoms with Crippen molar-refractivity contribution in [3.8, 4) is 11.1 Å². The maximum atomic E-state index is 13.2. The molecule has 1 nitrogen and oxygen atoms in total. The zero-order chi connectivity index (χ0) is 12.4. The van der Waals surface area contributed by atoms with Crippen LogP contribution in [0.15, 0.2) is 36.4 Å². The Morgan fingerprint density at radius 1 is 1.00 bits per heavy atom. The molecule has 2 N–H and O–H groups in total. The third kappa shape index (κ3) is 2.46. The third-order valence-corrected chi connectivity index (χ3v) is 2.76. The molecule has 0 saturated carbocycles. The highest BCUT2D eigenvalue weighted by molar-refractivity contribution is 6.30. The lowest BCUT2D eigenvalue weighted by Gasteiger charge is -2.09. The Morgan fingerprint density at radius 2 is 1.76 bits per heavy atom. The highest BCUT2D eigenvalue weighted by Gasteiger charge is 2.08. The highest BCUT2D eigenvalue weighted by atomic mass is 35.5. The van der Waals surface area contributed by atoms with Crippen LogP contribution in [0.3, 0.4) is 0 Å². The Labute approximate surface area is 103 Å². The molecule has 0 heterocycles. The molecule has 0 amide bonds. The molecule has 4 heteroatoms. The van der Waals surface area contributed by atoms with E-state index in [-0.39, 0.29) is 0 Å². The van der Waals surface area contributed by atoms with E-state index in [1.54, 1.807) is 18.2 Å². The van der Waals surface area contributed by atoms with Crippen LogP contribution in [0.1, 0.15) is 5.56 Å². The van der Waals surface area contributed by atoms with Gasteiger partial charge in [-0.05, 0) is 41.0 Å². The minimum atomic E-state index is -0.884. The van der Waals surface area contributed by atoms with Crippen molar-refractivity contribution in [3.05, 3.63) is 58.6 Å². The molecule has 2 aromatic rings. The molecular formula is C13H10ClF2N. The van der Waals surface area contributed by atoms with Crippen LogP contribution in [0.5, 0.6) is 0 Å². The Bertz CT molecular complexity index is 555. The molecule has 0 aliphatic heterocycles. The van der Waals surface area contributed by atoms with E-state index in [2.05, 4.69) is 0 Å². The molecule has 0 radical (unpaired) electrons. The van der Waals surface area contributed by atoms with Crippen molar-refractivity contribution in [2.24, 2.45) is 5.73 Å². The third-order valence-electron chi connectivity index (χ3n) is 2.52. The number of rotatable bonds is 2. The summed E-state index contributed by atoms with van der Waals surface area (Å²) in [6, 6.07) is 8.91. The monoisotopic (exact) mass is 253 g/mol. The summed E-state index contributed by atoms with van der Waals surface area (Å²) >= 11 is 5.89. The quantitative estimate of drug-likeness (QED) is 0.867. The van der Waals surface area contributed by atoms with Crippen molar-refractivity contribution < 1.29 is 8.78 Å². The lowest BCUT2D eigenvalue weighted by atomic mass is 9.99. The average molecular weight is 254 g/mol. The van der Waals surface area contributed by atoms with Crippen molar-refractivity contribution in [3.63, 3.8) is 0 Å². The van der Waals surface area contributed by atoms with E-state index in [1.807, 2.05) is 0 Å². The van der Waals surface area contributed by atoms with Gasteiger partial charge in [-0.1, -0.05) is 23.7 Å². The fraction of sp³-hybridized carbons (Fsp3) is 0.0769. The molecule has 0 aliphatic carbocycles. The summed E-state index contributed by atoms with van der Waals surface area (Å²) in [5, 5.41) is 0.530. The zero-order valence-corrected chi connectivity index (χ0v) is 9.64. The van der Waals surface area contributed by atoms with Gasteiger partial charge in [0.25, 0.3) is 0 Å². The van der Waals surface area contributed by atoms with E-state index in [0.29, 0.717) is 17.1 Å². The van der Waals surface area contributed by atoms with Crippen molar-refractivity contribution in [1.82, 2.24) is 0 Å². The molecule has 0 saturated heterocycles. The summed E-state index contributed by atoms with van der Waals surface area (Å²) in [6.07, 6.45) is 0. The highest BCUT2D eigenvalue weighted by Crippen LogP contribution is 2.28. The first kappa shape index (κ1) is 12.0. The molecule has 0 unspecified atom stereocenters. The van der Waals surface area contributed by atoms with E-state index >= 15 is 0 Å². The van der Waals surface area contributed by atoms with E-state index < -0.39 is 11.6 Å². The van der Waals surface area contributed by atoms with Gasteiger partial charge in [-0.3, -0.25) is 0 Å². The number of hydrogen-bond acceptors (Lipinski definition) is 1. The Morgan fingerprint density at radius 3 is 2.41 bits per heavy atom. The van der Waals surface area contributed by atoms with Crippen LogP contribution in [0.2, 0.25) is 5.02 Å².